The average Bonchev–Trinajstić information content (AvgIpc) is 2.92. The van der Waals surface area contributed by atoms with Crippen LogP contribution in [0.5, 0.6) is 11.5 Å². The third-order valence-electron chi connectivity index (χ3n) is 2.85. The van der Waals surface area contributed by atoms with Crippen LogP contribution in [0.3, 0.4) is 0 Å². The Morgan fingerprint density at radius 3 is 2.53 bits per heavy atom. The highest BCUT2D eigenvalue weighted by atomic mass is 32.1. The normalized spacial score (nSPS) is 10.5. The largest absolute Gasteiger partial charge is 0.493 e. The maximum absolute atomic E-state index is 9.09. The average molecular weight is 278 g/mol. The lowest BCUT2D eigenvalue weighted by atomic mass is 10.2. The van der Waals surface area contributed by atoms with Gasteiger partial charge in [-0.15, -0.1) is 11.3 Å². The van der Waals surface area contributed by atoms with Crippen molar-refractivity contribution < 1.29 is 14.6 Å². The smallest absolute Gasteiger partial charge is 0.161 e. The van der Waals surface area contributed by atoms with Crippen LogP contribution in [0.25, 0.3) is 0 Å². The molecule has 19 heavy (non-hydrogen) atoms. The number of aliphatic hydroxyl groups excluding tert-OH is 1. The van der Waals surface area contributed by atoms with E-state index in [-0.39, 0.29) is 6.61 Å². The van der Waals surface area contributed by atoms with Gasteiger partial charge in [0.2, 0.25) is 0 Å². The molecule has 0 saturated carbocycles. The van der Waals surface area contributed by atoms with Gasteiger partial charge in [0.15, 0.2) is 11.5 Å². The first-order valence-electron chi connectivity index (χ1n) is 6.25. The highest BCUT2D eigenvalue weighted by Crippen LogP contribution is 2.29. The van der Waals surface area contributed by atoms with E-state index in [1.165, 1.54) is 9.75 Å². The van der Waals surface area contributed by atoms with Gasteiger partial charge in [-0.3, -0.25) is 0 Å². The Morgan fingerprint density at radius 1 is 1.11 bits per heavy atom. The summed E-state index contributed by atoms with van der Waals surface area (Å²) >= 11 is 1.77. The van der Waals surface area contributed by atoms with Crippen molar-refractivity contribution in [1.29, 1.82) is 0 Å². The van der Waals surface area contributed by atoms with E-state index < -0.39 is 0 Å². The zero-order valence-electron chi connectivity index (χ0n) is 11.2. The number of aliphatic hydroxyl groups is 1. The van der Waals surface area contributed by atoms with E-state index in [1.54, 1.807) is 24.5 Å². The van der Waals surface area contributed by atoms with Crippen LogP contribution in [0.4, 0.5) is 0 Å². The van der Waals surface area contributed by atoms with Gasteiger partial charge >= 0.3 is 0 Å². The molecule has 0 amide bonds. The second-order valence-electron chi connectivity index (χ2n) is 4.15. The van der Waals surface area contributed by atoms with E-state index in [4.69, 9.17) is 14.6 Å². The Kier molecular flexibility index (Phi) is 4.82. The Hall–Kier alpha value is -1.52. The first kappa shape index (κ1) is 13.9. The maximum atomic E-state index is 9.09. The molecule has 0 aliphatic rings. The quantitative estimate of drug-likeness (QED) is 0.880. The molecule has 1 aromatic carbocycles. The van der Waals surface area contributed by atoms with Crippen molar-refractivity contribution in [2.24, 2.45) is 0 Å². The molecule has 0 saturated heterocycles. The third kappa shape index (κ3) is 3.49. The highest BCUT2D eigenvalue weighted by Gasteiger charge is 2.07. The summed E-state index contributed by atoms with van der Waals surface area (Å²) < 4.78 is 11.0. The molecule has 102 valence electrons. The van der Waals surface area contributed by atoms with E-state index in [1.807, 2.05) is 12.1 Å². The second-order valence-corrected chi connectivity index (χ2v) is 5.41. The minimum absolute atomic E-state index is 0.00141. The Balaban J connectivity index is 2.06. The Bertz CT molecular complexity index is 534. The molecule has 4 heteroatoms. The van der Waals surface area contributed by atoms with Crippen molar-refractivity contribution in [3.05, 3.63) is 45.6 Å². The van der Waals surface area contributed by atoms with Gasteiger partial charge in [0.1, 0.15) is 6.61 Å². The van der Waals surface area contributed by atoms with E-state index in [2.05, 4.69) is 19.1 Å². The fraction of sp³-hybridized carbons (Fsp3) is 0.333. The van der Waals surface area contributed by atoms with E-state index in [0.29, 0.717) is 18.1 Å². The fourth-order valence-electron chi connectivity index (χ4n) is 1.77. The zero-order chi connectivity index (χ0) is 13.7. The highest BCUT2D eigenvalue weighted by molar-refractivity contribution is 7.11. The van der Waals surface area contributed by atoms with Crippen LogP contribution < -0.4 is 9.47 Å². The molecule has 3 nitrogen and oxygen atoms in total. The van der Waals surface area contributed by atoms with E-state index >= 15 is 0 Å². The third-order valence-corrected chi connectivity index (χ3v) is 4.05. The van der Waals surface area contributed by atoms with E-state index in [0.717, 1.165) is 12.0 Å². The molecule has 2 aromatic rings. The van der Waals surface area contributed by atoms with Gasteiger partial charge in [-0.25, -0.2) is 0 Å². The molecule has 0 fully saturated rings. The fourth-order valence-corrected chi connectivity index (χ4v) is 2.64. The molecule has 1 heterocycles. The molecular weight excluding hydrogens is 260 g/mol. The minimum atomic E-state index is 0.00141. The van der Waals surface area contributed by atoms with Crippen LogP contribution in [0, 0.1) is 0 Å². The molecule has 0 spiro atoms. The summed E-state index contributed by atoms with van der Waals surface area (Å²) in [7, 11) is 1.60. The van der Waals surface area contributed by atoms with Gasteiger partial charge in [-0.05, 0) is 36.2 Å². The van der Waals surface area contributed by atoms with Gasteiger partial charge in [0.05, 0.1) is 13.7 Å². The van der Waals surface area contributed by atoms with Crippen LogP contribution in [0.15, 0.2) is 30.3 Å². The minimum Gasteiger partial charge on any atom is -0.493 e. The summed E-state index contributed by atoms with van der Waals surface area (Å²) in [5.41, 5.74) is 0.814. The lowest BCUT2D eigenvalue weighted by molar-refractivity contribution is 0.275. The summed E-state index contributed by atoms with van der Waals surface area (Å²) in [6.07, 6.45) is 1.05. The number of hydrogen-bond acceptors (Lipinski definition) is 4. The molecule has 0 aliphatic heterocycles. The monoisotopic (exact) mass is 278 g/mol. The number of aryl methyl sites for hydroxylation is 1. The van der Waals surface area contributed by atoms with Crippen molar-refractivity contribution in [1.82, 2.24) is 0 Å². The Morgan fingerprint density at radius 2 is 1.89 bits per heavy atom. The topological polar surface area (TPSA) is 38.7 Å². The SMILES string of the molecule is CCc1ccc(COc2ccc(CO)cc2OC)s1. The molecule has 2 rings (SSSR count). The molecule has 1 N–H and O–H groups in total. The second kappa shape index (κ2) is 6.59. The summed E-state index contributed by atoms with van der Waals surface area (Å²) in [6, 6.07) is 9.69. The molecule has 1 aromatic heterocycles. The lowest BCUT2D eigenvalue weighted by Crippen LogP contribution is -1.97. The number of ether oxygens (including phenoxy) is 2. The van der Waals surface area contributed by atoms with Gasteiger partial charge in [0.25, 0.3) is 0 Å². The Labute approximate surface area is 117 Å². The van der Waals surface area contributed by atoms with Crippen molar-refractivity contribution >= 4 is 11.3 Å². The summed E-state index contributed by atoms with van der Waals surface area (Å²) in [5.74, 6) is 1.35. The van der Waals surface area contributed by atoms with Crippen molar-refractivity contribution in [2.75, 3.05) is 7.11 Å². The number of hydrogen-bond donors (Lipinski definition) is 1. The number of thiophene rings is 1. The molecule has 0 aliphatic carbocycles. The molecular formula is C15H18O3S. The van der Waals surface area contributed by atoms with E-state index in [9.17, 15) is 0 Å². The zero-order valence-corrected chi connectivity index (χ0v) is 12.0. The molecule has 0 atom stereocenters. The summed E-state index contributed by atoms with van der Waals surface area (Å²) in [5, 5.41) is 9.09. The van der Waals surface area contributed by atoms with Crippen LogP contribution in [0.1, 0.15) is 22.2 Å². The number of rotatable bonds is 6. The first-order valence-corrected chi connectivity index (χ1v) is 7.06. The predicted octanol–water partition coefficient (Wildman–Crippen LogP) is 3.39. The van der Waals surface area contributed by atoms with Crippen molar-refractivity contribution in [3.8, 4) is 11.5 Å². The predicted molar refractivity (Wildman–Crippen MR) is 76.9 cm³/mol. The van der Waals surface area contributed by atoms with Crippen LogP contribution >= 0.6 is 11.3 Å². The number of benzene rings is 1. The maximum Gasteiger partial charge on any atom is 0.161 e. The van der Waals surface area contributed by atoms with Gasteiger partial charge < -0.3 is 14.6 Å². The summed E-state index contributed by atoms with van der Waals surface area (Å²) in [4.78, 5) is 2.56. The van der Waals surface area contributed by atoms with Crippen LogP contribution in [-0.4, -0.2) is 12.2 Å². The number of methoxy groups -OCH3 is 1. The van der Waals surface area contributed by atoms with Gasteiger partial charge in [-0.1, -0.05) is 13.0 Å². The van der Waals surface area contributed by atoms with Gasteiger partial charge in [-0.2, -0.15) is 0 Å². The van der Waals surface area contributed by atoms with Crippen molar-refractivity contribution in [3.63, 3.8) is 0 Å². The van der Waals surface area contributed by atoms with Crippen molar-refractivity contribution in [2.45, 2.75) is 26.6 Å². The molecule has 0 radical (unpaired) electrons. The van der Waals surface area contributed by atoms with Gasteiger partial charge in [0, 0.05) is 9.75 Å². The summed E-state index contributed by atoms with van der Waals surface area (Å²) in [6.45, 7) is 2.69. The lowest BCUT2D eigenvalue weighted by Gasteiger charge is -2.10. The van der Waals surface area contributed by atoms with Crippen LogP contribution in [0.2, 0.25) is 0 Å². The van der Waals surface area contributed by atoms with Crippen LogP contribution in [-0.2, 0) is 19.6 Å². The molecule has 0 bridgehead atoms. The first-order chi connectivity index (χ1) is 9.26. The standard InChI is InChI=1S/C15H18O3S/c1-3-12-5-6-13(19-12)10-18-14-7-4-11(9-16)8-15(14)17-2/h4-8,16H,3,9-10H2,1-2H3. The molecule has 0 unspecified atom stereocenters.